The van der Waals surface area contributed by atoms with Gasteiger partial charge < -0.3 is 19.9 Å². The predicted octanol–water partition coefficient (Wildman–Crippen LogP) is -0.179. The predicted molar refractivity (Wildman–Crippen MR) is 65.2 cm³/mol. The van der Waals surface area contributed by atoms with Gasteiger partial charge >= 0.3 is 12.0 Å². The van der Waals surface area contributed by atoms with Crippen LogP contribution < -0.4 is 5.32 Å². The third-order valence-corrected chi connectivity index (χ3v) is 3.48. The van der Waals surface area contributed by atoms with Crippen molar-refractivity contribution in [1.29, 1.82) is 0 Å². The number of likely N-dealkylation sites (tertiary alicyclic amines) is 1. The summed E-state index contributed by atoms with van der Waals surface area (Å²) in [7, 11) is 1.79. The van der Waals surface area contributed by atoms with Gasteiger partial charge in [0.05, 0.1) is 12.0 Å². The smallest absolute Gasteiger partial charge is 0.317 e. The molecule has 1 atom stereocenters. The van der Waals surface area contributed by atoms with Crippen molar-refractivity contribution in [2.45, 2.75) is 19.9 Å². The number of hydrogen-bond acceptors (Lipinski definition) is 4. The summed E-state index contributed by atoms with van der Waals surface area (Å²) in [5, 5.41) is 19.4. The second-order valence-electron chi connectivity index (χ2n) is 5.05. The van der Waals surface area contributed by atoms with E-state index in [-0.39, 0.29) is 19.1 Å². The van der Waals surface area contributed by atoms with Crippen molar-refractivity contribution >= 4 is 12.0 Å². The minimum Gasteiger partial charge on any atom is -0.481 e. The monoisotopic (exact) mass is 267 g/mol. The Balaban J connectivity index is 1.89. The van der Waals surface area contributed by atoms with Gasteiger partial charge in [0.15, 0.2) is 5.82 Å². The maximum Gasteiger partial charge on any atom is 0.317 e. The fourth-order valence-electron chi connectivity index (χ4n) is 2.04. The largest absolute Gasteiger partial charge is 0.481 e. The van der Waals surface area contributed by atoms with Crippen molar-refractivity contribution in [2.75, 3.05) is 13.1 Å². The Morgan fingerprint density at radius 3 is 2.84 bits per heavy atom. The number of hydrogen-bond donors (Lipinski definition) is 2. The van der Waals surface area contributed by atoms with Crippen molar-refractivity contribution in [1.82, 2.24) is 25.0 Å². The molecule has 8 heteroatoms. The zero-order chi connectivity index (χ0) is 14.0. The molecule has 1 unspecified atom stereocenters. The Kier molecular flexibility index (Phi) is 3.41. The molecule has 1 aliphatic heterocycles. The van der Waals surface area contributed by atoms with Crippen LogP contribution in [0.25, 0.3) is 0 Å². The number of aromatic nitrogens is 3. The van der Waals surface area contributed by atoms with E-state index in [9.17, 15) is 9.59 Å². The molecule has 1 aromatic heterocycles. The summed E-state index contributed by atoms with van der Waals surface area (Å²) in [6, 6.07) is -0.270. The Bertz CT molecular complexity index is 500. The third kappa shape index (κ3) is 2.67. The fraction of sp³-hybridized carbons (Fsp3) is 0.636. The van der Waals surface area contributed by atoms with E-state index < -0.39 is 11.4 Å². The van der Waals surface area contributed by atoms with Gasteiger partial charge in [-0.3, -0.25) is 4.79 Å². The minimum atomic E-state index is -0.865. The summed E-state index contributed by atoms with van der Waals surface area (Å²) in [6.07, 6.45) is 2.03. The quantitative estimate of drug-likeness (QED) is 0.791. The van der Waals surface area contributed by atoms with Crippen molar-refractivity contribution in [3.8, 4) is 0 Å². The summed E-state index contributed by atoms with van der Waals surface area (Å²) in [4.78, 5) is 24.5. The minimum absolute atomic E-state index is 0.229. The van der Waals surface area contributed by atoms with E-state index in [4.69, 9.17) is 5.11 Å². The van der Waals surface area contributed by atoms with Crippen LogP contribution in [0.4, 0.5) is 4.79 Å². The molecule has 0 radical (unpaired) electrons. The second-order valence-corrected chi connectivity index (χ2v) is 5.05. The van der Waals surface area contributed by atoms with E-state index in [0.717, 1.165) is 0 Å². The summed E-state index contributed by atoms with van der Waals surface area (Å²) in [5.74, 6) is -0.218. The van der Waals surface area contributed by atoms with Gasteiger partial charge in [-0.1, -0.05) is 0 Å². The summed E-state index contributed by atoms with van der Waals surface area (Å²) >= 11 is 0. The van der Waals surface area contributed by atoms with Gasteiger partial charge in [0.25, 0.3) is 0 Å². The van der Waals surface area contributed by atoms with Gasteiger partial charge in [-0.15, -0.1) is 10.2 Å². The van der Waals surface area contributed by atoms with Crippen LogP contribution >= 0.6 is 0 Å². The number of urea groups is 1. The maximum absolute atomic E-state index is 11.9. The first-order valence-electron chi connectivity index (χ1n) is 6.01. The van der Waals surface area contributed by atoms with Crippen LogP contribution in [0.2, 0.25) is 0 Å². The molecule has 1 aliphatic rings. The number of nitrogens with one attached hydrogen (secondary N) is 1. The second kappa shape index (κ2) is 4.87. The number of nitrogens with zero attached hydrogens (tertiary/aromatic N) is 4. The first-order valence-corrected chi connectivity index (χ1v) is 6.01. The fourth-order valence-corrected chi connectivity index (χ4v) is 2.04. The molecule has 2 amide bonds. The van der Waals surface area contributed by atoms with Gasteiger partial charge in [0, 0.05) is 20.1 Å². The zero-order valence-corrected chi connectivity index (χ0v) is 11.0. The highest BCUT2D eigenvalue weighted by Gasteiger charge is 2.42. The zero-order valence-electron chi connectivity index (χ0n) is 11.0. The SMILES string of the molecule is Cn1cnnc1CNC(=O)N1CCC(C)(C(=O)O)C1. The lowest BCUT2D eigenvalue weighted by Gasteiger charge is -2.20. The number of carbonyl (C=O) groups is 2. The number of aliphatic carboxylic acids is 1. The maximum atomic E-state index is 11.9. The topological polar surface area (TPSA) is 100 Å². The van der Waals surface area contributed by atoms with Gasteiger partial charge in [-0.25, -0.2) is 4.79 Å². The van der Waals surface area contributed by atoms with E-state index in [1.807, 2.05) is 0 Å². The number of amides is 2. The highest BCUT2D eigenvalue weighted by Crippen LogP contribution is 2.29. The molecular formula is C11H17N5O3. The van der Waals surface area contributed by atoms with Crippen molar-refractivity contribution in [3.05, 3.63) is 12.2 Å². The van der Waals surface area contributed by atoms with Crippen LogP contribution in [-0.4, -0.2) is 49.9 Å². The van der Waals surface area contributed by atoms with Gasteiger partial charge in [-0.05, 0) is 13.3 Å². The molecule has 1 fully saturated rings. The lowest BCUT2D eigenvalue weighted by molar-refractivity contribution is -0.146. The van der Waals surface area contributed by atoms with Gasteiger partial charge in [-0.2, -0.15) is 0 Å². The van der Waals surface area contributed by atoms with Crippen molar-refractivity contribution in [2.24, 2.45) is 12.5 Å². The molecule has 0 bridgehead atoms. The highest BCUT2D eigenvalue weighted by atomic mass is 16.4. The molecule has 2 N–H and O–H groups in total. The van der Waals surface area contributed by atoms with Crippen LogP contribution in [0, 0.1) is 5.41 Å². The van der Waals surface area contributed by atoms with E-state index in [1.54, 1.807) is 24.9 Å². The molecule has 0 aliphatic carbocycles. The van der Waals surface area contributed by atoms with Crippen LogP contribution in [0.5, 0.6) is 0 Å². The summed E-state index contributed by atoms with van der Waals surface area (Å²) < 4.78 is 1.71. The Labute approximate surface area is 110 Å². The molecule has 2 rings (SSSR count). The number of aryl methyl sites for hydroxylation is 1. The van der Waals surface area contributed by atoms with Crippen molar-refractivity contribution < 1.29 is 14.7 Å². The number of carboxylic acid groups (broad SMARTS) is 1. The Morgan fingerprint density at radius 1 is 1.58 bits per heavy atom. The molecule has 0 spiro atoms. The molecule has 1 aromatic rings. The molecule has 2 heterocycles. The molecular weight excluding hydrogens is 250 g/mol. The van der Waals surface area contributed by atoms with Crippen molar-refractivity contribution in [3.63, 3.8) is 0 Å². The summed E-state index contributed by atoms with van der Waals surface area (Å²) in [5.41, 5.74) is -0.845. The molecule has 19 heavy (non-hydrogen) atoms. The molecule has 8 nitrogen and oxygen atoms in total. The number of carboxylic acids is 1. The lowest BCUT2D eigenvalue weighted by Crippen LogP contribution is -2.40. The van der Waals surface area contributed by atoms with E-state index >= 15 is 0 Å². The van der Waals surface area contributed by atoms with Gasteiger partial charge in [0.1, 0.15) is 6.33 Å². The molecule has 0 saturated carbocycles. The average molecular weight is 267 g/mol. The van der Waals surface area contributed by atoms with E-state index in [1.165, 1.54) is 4.90 Å². The van der Waals surface area contributed by atoms with E-state index in [0.29, 0.717) is 18.8 Å². The van der Waals surface area contributed by atoms with E-state index in [2.05, 4.69) is 15.5 Å². The lowest BCUT2D eigenvalue weighted by atomic mass is 9.90. The molecule has 0 aromatic carbocycles. The normalized spacial score (nSPS) is 22.5. The standard InChI is InChI=1S/C11H17N5O3/c1-11(9(17)18)3-4-16(6-11)10(19)12-5-8-14-13-7-15(8)2/h7H,3-6H2,1-2H3,(H,12,19)(H,17,18). The summed E-state index contributed by atoms with van der Waals surface area (Å²) in [6.45, 7) is 2.61. The number of carbonyl (C=O) groups excluding carboxylic acids is 1. The molecule has 1 saturated heterocycles. The Hall–Kier alpha value is -2.12. The number of rotatable bonds is 3. The average Bonchev–Trinajstić information content (AvgIpc) is 2.94. The third-order valence-electron chi connectivity index (χ3n) is 3.48. The van der Waals surface area contributed by atoms with Gasteiger partial charge in [0.2, 0.25) is 0 Å². The van der Waals surface area contributed by atoms with Crippen LogP contribution in [0.3, 0.4) is 0 Å². The van der Waals surface area contributed by atoms with Crippen LogP contribution in [0.1, 0.15) is 19.2 Å². The highest BCUT2D eigenvalue weighted by molar-refractivity contribution is 5.79. The van der Waals surface area contributed by atoms with Crippen LogP contribution in [-0.2, 0) is 18.4 Å². The first kappa shape index (κ1) is 13.3. The first-order chi connectivity index (χ1) is 8.92. The van der Waals surface area contributed by atoms with Crippen LogP contribution in [0.15, 0.2) is 6.33 Å². The Morgan fingerprint density at radius 2 is 2.32 bits per heavy atom. The molecule has 104 valence electrons.